The number of benzene rings is 2. The molecular formula is C20H18N4O4. The summed E-state index contributed by atoms with van der Waals surface area (Å²) in [5.41, 5.74) is 1.70. The normalized spacial score (nSPS) is 14.6. The van der Waals surface area contributed by atoms with E-state index in [1.807, 2.05) is 0 Å². The lowest BCUT2D eigenvalue weighted by molar-refractivity contribution is 0.171. The molecular weight excluding hydrogens is 360 g/mol. The van der Waals surface area contributed by atoms with Gasteiger partial charge in [0.15, 0.2) is 11.5 Å². The summed E-state index contributed by atoms with van der Waals surface area (Å²) in [6.07, 6.45) is 1.75. The highest BCUT2D eigenvalue weighted by atomic mass is 16.6. The second-order valence-corrected chi connectivity index (χ2v) is 6.76. The Bertz CT molecular complexity index is 1150. The van der Waals surface area contributed by atoms with E-state index in [-0.39, 0.29) is 5.56 Å². The number of urea groups is 1. The van der Waals surface area contributed by atoms with Crippen LogP contribution in [0.5, 0.6) is 11.5 Å². The standard InChI is InChI=1S/C20H18N4O4/c25-19-14-10-12(3-5-15(14)23-18-2-1-7-24(18)19)21-20(26)22-13-4-6-16-17(11-13)28-9-8-27-16/h3-6,10-11H,1-2,7-9H2,(H2,21,22,26). The van der Waals surface area contributed by atoms with Crippen LogP contribution < -0.4 is 25.7 Å². The van der Waals surface area contributed by atoms with E-state index in [1.165, 1.54) is 0 Å². The first-order valence-electron chi connectivity index (χ1n) is 9.18. The molecule has 8 nitrogen and oxygen atoms in total. The van der Waals surface area contributed by atoms with E-state index >= 15 is 0 Å². The van der Waals surface area contributed by atoms with Gasteiger partial charge >= 0.3 is 6.03 Å². The van der Waals surface area contributed by atoms with Crippen molar-refractivity contribution in [1.82, 2.24) is 9.55 Å². The number of aryl methyl sites for hydroxylation is 1. The number of nitrogens with one attached hydrogen (secondary N) is 2. The average Bonchev–Trinajstić information content (AvgIpc) is 3.17. The molecule has 2 aliphatic rings. The summed E-state index contributed by atoms with van der Waals surface area (Å²) < 4.78 is 12.7. The lowest BCUT2D eigenvalue weighted by Crippen LogP contribution is -2.22. The molecule has 3 heterocycles. The molecule has 0 radical (unpaired) electrons. The summed E-state index contributed by atoms with van der Waals surface area (Å²) in [7, 11) is 0. The fourth-order valence-corrected chi connectivity index (χ4v) is 3.58. The lowest BCUT2D eigenvalue weighted by Gasteiger charge is -2.19. The highest BCUT2D eigenvalue weighted by molar-refractivity contribution is 6.01. The van der Waals surface area contributed by atoms with Crippen LogP contribution >= 0.6 is 0 Å². The zero-order valence-electron chi connectivity index (χ0n) is 15.0. The van der Waals surface area contributed by atoms with E-state index in [0.29, 0.717) is 53.5 Å². The number of hydrogen-bond acceptors (Lipinski definition) is 5. The molecule has 0 fully saturated rings. The number of rotatable bonds is 2. The van der Waals surface area contributed by atoms with Crippen LogP contribution in [0, 0.1) is 0 Å². The van der Waals surface area contributed by atoms with Gasteiger partial charge in [0.2, 0.25) is 0 Å². The zero-order valence-corrected chi connectivity index (χ0v) is 15.0. The van der Waals surface area contributed by atoms with Gasteiger partial charge in [0.1, 0.15) is 19.0 Å². The Balaban J connectivity index is 1.36. The maximum atomic E-state index is 12.7. The van der Waals surface area contributed by atoms with E-state index in [1.54, 1.807) is 41.0 Å². The first-order valence-corrected chi connectivity index (χ1v) is 9.18. The number of fused-ring (bicyclic) bond motifs is 3. The van der Waals surface area contributed by atoms with Crippen molar-refractivity contribution in [2.75, 3.05) is 23.8 Å². The van der Waals surface area contributed by atoms with Crippen LogP contribution in [0.25, 0.3) is 10.9 Å². The van der Waals surface area contributed by atoms with E-state index in [9.17, 15) is 9.59 Å². The highest BCUT2D eigenvalue weighted by Gasteiger charge is 2.17. The molecule has 0 spiro atoms. The predicted molar refractivity (Wildman–Crippen MR) is 104 cm³/mol. The largest absolute Gasteiger partial charge is 0.486 e. The summed E-state index contributed by atoms with van der Waals surface area (Å²) in [5, 5.41) is 6.02. The number of amides is 2. The quantitative estimate of drug-likeness (QED) is 0.715. The van der Waals surface area contributed by atoms with Gasteiger partial charge in [-0.15, -0.1) is 0 Å². The van der Waals surface area contributed by atoms with Crippen LogP contribution in [-0.4, -0.2) is 28.8 Å². The second kappa shape index (κ2) is 6.56. The van der Waals surface area contributed by atoms with Gasteiger partial charge in [0.05, 0.1) is 10.9 Å². The van der Waals surface area contributed by atoms with Crippen molar-refractivity contribution in [2.24, 2.45) is 0 Å². The van der Waals surface area contributed by atoms with E-state index in [4.69, 9.17) is 9.47 Å². The zero-order chi connectivity index (χ0) is 19.1. The third-order valence-corrected chi connectivity index (χ3v) is 4.87. The number of carbonyl (C=O) groups is 1. The van der Waals surface area contributed by atoms with E-state index in [2.05, 4.69) is 15.6 Å². The fraction of sp³-hybridized carbons (Fsp3) is 0.250. The smallest absolute Gasteiger partial charge is 0.323 e. The molecule has 2 aliphatic heterocycles. The number of carbonyl (C=O) groups excluding carboxylic acids is 1. The van der Waals surface area contributed by atoms with Crippen LogP contribution in [0.1, 0.15) is 12.2 Å². The van der Waals surface area contributed by atoms with Crippen molar-refractivity contribution >= 4 is 28.3 Å². The molecule has 2 N–H and O–H groups in total. The molecule has 0 saturated carbocycles. The number of ether oxygens (including phenoxy) is 2. The van der Waals surface area contributed by atoms with Gasteiger partial charge in [-0.25, -0.2) is 9.78 Å². The minimum absolute atomic E-state index is 0.0617. The Morgan fingerprint density at radius 2 is 1.75 bits per heavy atom. The van der Waals surface area contributed by atoms with Crippen LogP contribution in [0.2, 0.25) is 0 Å². The maximum absolute atomic E-state index is 12.7. The summed E-state index contributed by atoms with van der Waals surface area (Å²) in [6.45, 7) is 1.69. The van der Waals surface area contributed by atoms with Gasteiger partial charge in [0, 0.05) is 30.4 Å². The Kier molecular flexibility index (Phi) is 3.89. The maximum Gasteiger partial charge on any atom is 0.323 e. The van der Waals surface area contributed by atoms with Crippen molar-refractivity contribution in [2.45, 2.75) is 19.4 Å². The molecule has 0 atom stereocenters. The third kappa shape index (κ3) is 2.92. The van der Waals surface area contributed by atoms with Crippen molar-refractivity contribution in [3.8, 4) is 11.5 Å². The number of nitrogens with zero attached hydrogens (tertiary/aromatic N) is 2. The summed E-state index contributed by atoms with van der Waals surface area (Å²) in [5.74, 6) is 2.09. The first-order chi connectivity index (χ1) is 13.7. The monoisotopic (exact) mass is 378 g/mol. The topological polar surface area (TPSA) is 94.5 Å². The SMILES string of the molecule is O=C(Nc1ccc2c(c1)OCCO2)Nc1ccc2nc3n(c(=O)c2c1)CCC3. The van der Waals surface area contributed by atoms with Crippen LogP contribution in [0.4, 0.5) is 16.2 Å². The first kappa shape index (κ1) is 16.6. The molecule has 0 unspecified atom stereocenters. The molecule has 28 heavy (non-hydrogen) atoms. The fourth-order valence-electron chi connectivity index (χ4n) is 3.58. The van der Waals surface area contributed by atoms with Crippen LogP contribution in [-0.2, 0) is 13.0 Å². The Morgan fingerprint density at radius 1 is 1.00 bits per heavy atom. The minimum Gasteiger partial charge on any atom is -0.486 e. The molecule has 0 saturated heterocycles. The van der Waals surface area contributed by atoms with Crippen molar-refractivity contribution in [1.29, 1.82) is 0 Å². The molecule has 1 aromatic heterocycles. The van der Waals surface area contributed by atoms with Crippen molar-refractivity contribution < 1.29 is 14.3 Å². The van der Waals surface area contributed by atoms with Gasteiger partial charge in [0.25, 0.3) is 5.56 Å². The lowest BCUT2D eigenvalue weighted by atomic mass is 10.2. The highest BCUT2D eigenvalue weighted by Crippen LogP contribution is 2.32. The molecule has 8 heteroatoms. The molecule has 2 aromatic carbocycles. The van der Waals surface area contributed by atoms with Crippen molar-refractivity contribution in [3.05, 3.63) is 52.6 Å². The van der Waals surface area contributed by atoms with Gasteiger partial charge in [-0.3, -0.25) is 9.36 Å². The predicted octanol–water partition coefficient (Wildman–Crippen LogP) is 2.76. The van der Waals surface area contributed by atoms with E-state index in [0.717, 1.165) is 18.7 Å². The molecule has 3 aromatic rings. The minimum atomic E-state index is -0.412. The molecule has 0 bridgehead atoms. The van der Waals surface area contributed by atoms with Gasteiger partial charge < -0.3 is 20.1 Å². The molecule has 142 valence electrons. The molecule has 5 rings (SSSR count). The number of anilines is 2. The summed E-state index contributed by atoms with van der Waals surface area (Å²) in [4.78, 5) is 29.6. The van der Waals surface area contributed by atoms with Gasteiger partial charge in [-0.2, -0.15) is 0 Å². The van der Waals surface area contributed by atoms with Gasteiger partial charge in [-0.1, -0.05) is 0 Å². The average molecular weight is 378 g/mol. The van der Waals surface area contributed by atoms with E-state index < -0.39 is 6.03 Å². The molecule has 2 amide bonds. The number of hydrogen-bond donors (Lipinski definition) is 2. The van der Waals surface area contributed by atoms with Crippen molar-refractivity contribution in [3.63, 3.8) is 0 Å². The molecule has 0 aliphatic carbocycles. The number of aromatic nitrogens is 2. The summed E-state index contributed by atoms with van der Waals surface area (Å²) in [6, 6.07) is 9.97. The Hall–Kier alpha value is -3.55. The second-order valence-electron chi connectivity index (χ2n) is 6.76. The summed E-state index contributed by atoms with van der Waals surface area (Å²) >= 11 is 0. The third-order valence-electron chi connectivity index (χ3n) is 4.87. The van der Waals surface area contributed by atoms with Crippen LogP contribution in [0.15, 0.2) is 41.2 Å². The Morgan fingerprint density at radius 3 is 2.61 bits per heavy atom. The van der Waals surface area contributed by atoms with Gasteiger partial charge in [-0.05, 0) is 36.8 Å². The van der Waals surface area contributed by atoms with Crippen LogP contribution in [0.3, 0.4) is 0 Å². The Labute approximate surface area is 160 Å².